The number of carbonyl (C=O) groups excluding carboxylic acids is 1. The minimum absolute atomic E-state index is 0.0609. The van der Waals surface area contributed by atoms with Crippen molar-refractivity contribution in [1.29, 1.82) is 0 Å². The quantitative estimate of drug-likeness (QED) is 0.789. The normalized spacial score (nSPS) is 17.7. The Kier molecular flexibility index (Phi) is 4.93. The highest BCUT2D eigenvalue weighted by atomic mass is 16.5. The van der Waals surface area contributed by atoms with Gasteiger partial charge in [-0.1, -0.05) is 0 Å². The van der Waals surface area contributed by atoms with Crippen LogP contribution in [-0.4, -0.2) is 49.0 Å². The molecule has 1 aromatic heterocycles. The van der Waals surface area contributed by atoms with Crippen molar-refractivity contribution in [3.63, 3.8) is 0 Å². The first-order chi connectivity index (χ1) is 11.2. The van der Waals surface area contributed by atoms with E-state index in [-0.39, 0.29) is 5.91 Å². The average Bonchev–Trinajstić information content (AvgIpc) is 3.18. The van der Waals surface area contributed by atoms with E-state index in [9.17, 15) is 4.79 Å². The predicted octanol–water partition coefficient (Wildman–Crippen LogP) is 1.33. The van der Waals surface area contributed by atoms with Crippen molar-refractivity contribution in [2.24, 2.45) is 5.92 Å². The second kappa shape index (κ2) is 7.10. The Morgan fingerprint density at radius 2 is 2.39 bits per heavy atom. The summed E-state index contributed by atoms with van der Waals surface area (Å²) in [6.07, 6.45) is 3.26. The molecule has 0 spiro atoms. The molecule has 2 heterocycles. The molecule has 1 atom stereocenters. The number of nitrogens with zero attached hydrogens (tertiary/aromatic N) is 2. The SMILES string of the molecule is COCCNC(=O)c1ccc2nn(CC3CCNC3)cc2c1C. The molecule has 1 aliphatic rings. The smallest absolute Gasteiger partial charge is 0.251 e. The number of nitrogens with one attached hydrogen (secondary N) is 2. The fraction of sp³-hybridized carbons (Fsp3) is 0.529. The number of rotatable bonds is 6. The van der Waals surface area contributed by atoms with E-state index in [1.165, 1.54) is 6.42 Å². The van der Waals surface area contributed by atoms with Crippen LogP contribution in [0.5, 0.6) is 0 Å². The molecular weight excluding hydrogens is 292 g/mol. The Morgan fingerprint density at radius 3 is 3.13 bits per heavy atom. The first kappa shape index (κ1) is 16.0. The van der Waals surface area contributed by atoms with Crippen LogP contribution in [0, 0.1) is 12.8 Å². The maximum Gasteiger partial charge on any atom is 0.251 e. The van der Waals surface area contributed by atoms with E-state index in [0.717, 1.165) is 36.1 Å². The first-order valence-corrected chi connectivity index (χ1v) is 8.13. The molecule has 1 fully saturated rings. The lowest BCUT2D eigenvalue weighted by molar-refractivity contribution is 0.0936. The standard InChI is InChI=1S/C17H24N4O2/c1-12-14(17(22)19-7-8-23-2)3-4-16-15(12)11-21(20-16)10-13-5-6-18-9-13/h3-4,11,13,18H,5-10H2,1-2H3,(H,19,22). The van der Waals surface area contributed by atoms with Gasteiger partial charge in [-0.15, -0.1) is 0 Å². The van der Waals surface area contributed by atoms with Gasteiger partial charge < -0.3 is 15.4 Å². The van der Waals surface area contributed by atoms with E-state index in [1.807, 2.05) is 23.7 Å². The number of aryl methyl sites for hydroxylation is 1. The summed E-state index contributed by atoms with van der Waals surface area (Å²) in [5.74, 6) is 0.579. The van der Waals surface area contributed by atoms with Gasteiger partial charge >= 0.3 is 0 Å². The van der Waals surface area contributed by atoms with Gasteiger partial charge in [-0.05, 0) is 50.0 Å². The summed E-state index contributed by atoms with van der Waals surface area (Å²) in [4.78, 5) is 12.3. The van der Waals surface area contributed by atoms with Crippen LogP contribution in [0.1, 0.15) is 22.3 Å². The summed E-state index contributed by atoms with van der Waals surface area (Å²) in [6.45, 7) is 6.09. The van der Waals surface area contributed by atoms with Gasteiger partial charge in [0, 0.05) is 37.3 Å². The monoisotopic (exact) mass is 316 g/mol. The van der Waals surface area contributed by atoms with Crippen LogP contribution in [0.25, 0.3) is 10.9 Å². The molecule has 1 aromatic carbocycles. The molecule has 1 amide bonds. The predicted molar refractivity (Wildman–Crippen MR) is 89.7 cm³/mol. The van der Waals surface area contributed by atoms with Crippen LogP contribution in [0.3, 0.4) is 0 Å². The Hall–Kier alpha value is -1.92. The fourth-order valence-electron chi connectivity index (χ4n) is 3.12. The van der Waals surface area contributed by atoms with Crippen LogP contribution >= 0.6 is 0 Å². The van der Waals surface area contributed by atoms with Gasteiger partial charge in [0.1, 0.15) is 0 Å². The zero-order valence-corrected chi connectivity index (χ0v) is 13.8. The number of hydrogen-bond donors (Lipinski definition) is 2. The van der Waals surface area contributed by atoms with Gasteiger partial charge in [0.05, 0.1) is 12.1 Å². The molecule has 6 heteroatoms. The molecule has 1 saturated heterocycles. The molecule has 2 aromatic rings. The maximum atomic E-state index is 12.3. The highest BCUT2D eigenvalue weighted by Gasteiger charge is 2.17. The van der Waals surface area contributed by atoms with Crippen LogP contribution in [0.2, 0.25) is 0 Å². The molecule has 124 valence electrons. The van der Waals surface area contributed by atoms with Crippen molar-refractivity contribution in [3.8, 4) is 0 Å². The molecule has 1 aliphatic heterocycles. The molecule has 0 radical (unpaired) electrons. The van der Waals surface area contributed by atoms with Crippen molar-refractivity contribution in [2.75, 3.05) is 33.4 Å². The van der Waals surface area contributed by atoms with Gasteiger partial charge in [0.15, 0.2) is 0 Å². The Bertz CT molecular complexity index is 689. The Morgan fingerprint density at radius 1 is 1.52 bits per heavy atom. The molecule has 23 heavy (non-hydrogen) atoms. The van der Waals surface area contributed by atoms with E-state index in [4.69, 9.17) is 4.74 Å². The summed E-state index contributed by atoms with van der Waals surface area (Å²) in [5.41, 5.74) is 2.63. The van der Waals surface area contributed by atoms with Crippen LogP contribution in [0.4, 0.5) is 0 Å². The molecular formula is C17H24N4O2. The largest absolute Gasteiger partial charge is 0.383 e. The van der Waals surface area contributed by atoms with E-state index in [0.29, 0.717) is 24.6 Å². The Labute approximate surface area is 136 Å². The number of hydrogen-bond acceptors (Lipinski definition) is 4. The lowest BCUT2D eigenvalue weighted by Crippen LogP contribution is -2.27. The van der Waals surface area contributed by atoms with Gasteiger partial charge in [-0.2, -0.15) is 5.10 Å². The van der Waals surface area contributed by atoms with Gasteiger partial charge in [0.2, 0.25) is 0 Å². The molecule has 1 unspecified atom stereocenters. The van der Waals surface area contributed by atoms with Crippen LogP contribution < -0.4 is 10.6 Å². The van der Waals surface area contributed by atoms with Crippen molar-refractivity contribution in [2.45, 2.75) is 19.9 Å². The van der Waals surface area contributed by atoms with Crippen LogP contribution in [-0.2, 0) is 11.3 Å². The molecule has 2 N–H and O–H groups in total. The number of amides is 1. The van der Waals surface area contributed by atoms with Crippen LogP contribution in [0.15, 0.2) is 18.3 Å². The molecule has 0 saturated carbocycles. The third kappa shape index (κ3) is 3.54. The Balaban J connectivity index is 1.79. The third-order valence-corrected chi connectivity index (χ3v) is 4.45. The zero-order valence-electron chi connectivity index (χ0n) is 13.8. The van der Waals surface area contributed by atoms with Crippen molar-refractivity contribution in [1.82, 2.24) is 20.4 Å². The summed E-state index contributed by atoms with van der Waals surface area (Å²) >= 11 is 0. The lowest BCUT2D eigenvalue weighted by atomic mass is 10.0. The first-order valence-electron chi connectivity index (χ1n) is 8.13. The van der Waals surface area contributed by atoms with Crippen molar-refractivity contribution < 1.29 is 9.53 Å². The number of methoxy groups -OCH3 is 1. The molecule has 0 bridgehead atoms. The maximum absolute atomic E-state index is 12.3. The summed E-state index contributed by atoms with van der Waals surface area (Å²) in [5, 5.41) is 12.0. The summed E-state index contributed by atoms with van der Waals surface area (Å²) in [7, 11) is 1.62. The fourth-order valence-corrected chi connectivity index (χ4v) is 3.12. The molecule has 3 rings (SSSR count). The second-order valence-electron chi connectivity index (χ2n) is 6.13. The number of fused-ring (bicyclic) bond motifs is 1. The zero-order chi connectivity index (χ0) is 16.2. The second-order valence-corrected chi connectivity index (χ2v) is 6.13. The number of benzene rings is 1. The number of ether oxygens (including phenoxy) is 1. The van der Waals surface area contributed by atoms with Gasteiger partial charge in [-0.25, -0.2) is 0 Å². The summed E-state index contributed by atoms with van der Waals surface area (Å²) in [6, 6.07) is 3.78. The molecule has 6 nitrogen and oxygen atoms in total. The van der Waals surface area contributed by atoms with E-state index < -0.39 is 0 Å². The lowest BCUT2D eigenvalue weighted by Gasteiger charge is -2.07. The third-order valence-electron chi connectivity index (χ3n) is 4.45. The van der Waals surface area contributed by atoms with E-state index in [2.05, 4.69) is 21.9 Å². The summed E-state index contributed by atoms with van der Waals surface area (Å²) < 4.78 is 6.98. The molecule has 0 aliphatic carbocycles. The highest BCUT2D eigenvalue weighted by Crippen LogP contribution is 2.22. The minimum Gasteiger partial charge on any atom is -0.383 e. The highest BCUT2D eigenvalue weighted by molar-refractivity contribution is 6.00. The topological polar surface area (TPSA) is 68.2 Å². The van der Waals surface area contributed by atoms with E-state index >= 15 is 0 Å². The minimum atomic E-state index is -0.0609. The van der Waals surface area contributed by atoms with Crippen molar-refractivity contribution in [3.05, 3.63) is 29.5 Å². The van der Waals surface area contributed by atoms with Gasteiger partial charge in [-0.3, -0.25) is 9.48 Å². The van der Waals surface area contributed by atoms with Gasteiger partial charge in [0.25, 0.3) is 5.91 Å². The van der Waals surface area contributed by atoms with Crippen molar-refractivity contribution >= 4 is 16.8 Å². The average molecular weight is 316 g/mol. The number of carbonyl (C=O) groups is 1. The number of aromatic nitrogens is 2. The van der Waals surface area contributed by atoms with E-state index in [1.54, 1.807) is 7.11 Å².